The van der Waals surface area contributed by atoms with Crippen molar-refractivity contribution in [2.75, 3.05) is 26.7 Å². The average molecular weight is 266 g/mol. The second-order valence-corrected chi connectivity index (χ2v) is 4.72. The number of piperidine rings is 1. The normalized spacial score (nSPS) is 20.9. The summed E-state index contributed by atoms with van der Waals surface area (Å²) in [5, 5.41) is 13.2. The lowest BCUT2D eigenvalue weighted by Crippen LogP contribution is -2.37. The average Bonchev–Trinajstić information content (AvgIpc) is 2.47. The Morgan fingerprint density at radius 1 is 1.53 bits per heavy atom. The van der Waals surface area contributed by atoms with E-state index in [1.54, 1.807) is 7.11 Å². The van der Waals surface area contributed by atoms with Crippen LogP contribution in [-0.2, 0) is 0 Å². The van der Waals surface area contributed by atoms with Gasteiger partial charge < -0.3 is 25.6 Å². The van der Waals surface area contributed by atoms with Crippen LogP contribution in [0.15, 0.2) is 18.2 Å². The van der Waals surface area contributed by atoms with Crippen molar-refractivity contribution in [2.24, 2.45) is 5.73 Å². The van der Waals surface area contributed by atoms with Crippen molar-refractivity contribution < 1.29 is 14.6 Å². The molecule has 106 valence electrons. The molecule has 2 rings (SSSR count). The highest BCUT2D eigenvalue weighted by Crippen LogP contribution is 2.35. The molecule has 1 aliphatic rings. The van der Waals surface area contributed by atoms with E-state index in [0.29, 0.717) is 17.1 Å². The summed E-state index contributed by atoms with van der Waals surface area (Å²) in [6.07, 6.45) is 1.55. The lowest BCUT2D eigenvalue weighted by molar-refractivity contribution is 0.155. The number of hydrogen-bond donors (Lipinski definition) is 3. The molecule has 0 aromatic heterocycles. The first kappa shape index (κ1) is 14.1. The zero-order chi connectivity index (χ0) is 13.7. The minimum absolute atomic E-state index is 0.146. The van der Waals surface area contributed by atoms with Crippen molar-refractivity contribution in [3.05, 3.63) is 23.8 Å². The molecular weight excluding hydrogens is 244 g/mol. The number of aliphatic hydroxyl groups is 1. The molecule has 2 atom stereocenters. The summed E-state index contributed by atoms with van der Waals surface area (Å²) < 4.78 is 11.4. The quantitative estimate of drug-likeness (QED) is 0.735. The number of ether oxygens (including phenoxy) is 2. The zero-order valence-electron chi connectivity index (χ0n) is 11.3. The van der Waals surface area contributed by atoms with E-state index in [2.05, 4.69) is 5.32 Å². The van der Waals surface area contributed by atoms with Crippen LogP contribution in [0.3, 0.4) is 0 Å². The third-order valence-corrected chi connectivity index (χ3v) is 3.34. The Labute approximate surface area is 113 Å². The van der Waals surface area contributed by atoms with Crippen molar-refractivity contribution in [1.82, 2.24) is 5.32 Å². The molecular formula is C14H22N2O3. The highest BCUT2D eigenvalue weighted by atomic mass is 16.5. The highest BCUT2D eigenvalue weighted by molar-refractivity contribution is 5.47. The van der Waals surface area contributed by atoms with Crippen LogP contribution < -0.4 is 20.5 Å². The standard InChI is InChI=1S/C14H22N2O3/c1-18-14-11(12(17)8-15)5-2-6-13(14)19-10-4-3-7-16-9-10/h2,5-6,10,12,16-17H,3-4,7-9,15H2,1H3. The Hall–Kier alpha value is -1.30. The van der Waals surface area contributed by atoms with Gasteiger partial charge in [0.15, 0.2) is 11.5 Å². The van der Waals surface area contributed by atoms with Crippen molar-refractivity contribution in [1.29, 1.82) is 0 Å². The second kappa shape index (κ2) is 6.75. The molecule has 5 nitrogen and oxygen atoms in total. The fourth-order valence-corrected chi connectivity index (χ4v) is 2.33. The van der Waals surface area contributed by atoms with Crippen LogP contribution in [-0.4, -0.2) is 38.0 Å². The van der Waals surface area contributed by atoms with Crippen molar-refractivity contribution in [3.8, 4) is 11.5 Å². The molecule has 1 aromatic carbocycles. The van der Waals surface area contributed by atoms with Gasteiger partial charge in [-0.05, 0) is 25.5 Å². The SMILES string of the molecule is COc1c(OC2CCCNC2)cccc1C(O)CN. The second-order valence-electron chi connectivity index (χ2n) is 4.72. The van der Waals surface area contributed by atoms with Crippen LogP contribution in [0.1, 0.15) is 24.5 Å². The predicted octanol–water partition coefficient (Wildman–Crippen LogP) is 0.818. The van der Waals surface area contributed by atoms with Crippen LogP contribution in [0.2, 0.25) is 0 Å². The topological polar surface area (TPSA) is 76.7 Å². The van der Waals surface area contributed by atoms with Gasteiger partial charge in [0.25, 0.3) is 0 Å². The molecule has 1 aliphatic heterocycles. The molecule has 19 heavy (non-hydrogen) atoms. The monoisotopic (exact) mass is 266 g/mol. The van der Waals surface area contributed by atoms with Gasteiger partial charge >= 0.3 is 0 Å². The Morgan fingerprint density at radius 3 is 3.00 bits per heavy atom. The van der Waals surface area contributed by atoms with Gasteiger partial charge in [0, 0.05) is 18.7 Å². The maximum absolute atomic E-state index is 9.90. The molecule has 1 aromatic rings. The smallest absolute Gasteiger partial charge is 0.166 e. The van der Waals surface area contributed by atoms with Gasteiger partial charge in [0.1, 0.15) is 6.10 Å². The number of para-hydroxylation sites is 1. The number of methoxy groups -OCH3 is 1. The first-order valence-electron chi connectivity index (χ1n) is 6.68. The molecule has 1 fully saturated rings. The number of aliphatic hydroxyl groups excluding tert-OH is 1. The van der Waals surface area contributed by atoms with E-state index in [-0.39, 0.29) is 12.6 Å². The Balaban J connectivity index is 2.19. The first-order chi connectivity index (χ1) is 9.26. The van der Waals surface area contributed by atoms with Crippen molar-refractivity contribution in [3.63, 3.8) is 0 Å². The summed E-state index contributed by atoms with van der Waals surface area (Å²) in [5.74, 6) is 1.24. The fraction of sp³-hybridized carbons (Fsp3) is 0.571. The molecule has 0 saturated carbocycles. The Morgan fingerprint density at radius 2 is 2.37 bits per heavy atom. The van der Waals surface area contributed by atoms with E-state index < -0.39 is 6.10 Å². The third kappa shape index (κ3) is 3.37. The van der Waals surface area contributed by atoms with E-state index in [9.17, 15) is 5.11 Å². The molecule has 0 spiro atoms. The van der Waals surface area contributed by atoms with Crippen molar-refractivity contribution in [2.45, 2.75) is 25.0 Å². The number of rotatable bonds is 5. The van der Waals surface area contributed by atoms with Crippen LogP contribution in [0, 0.1) is 0 Å². The van der Waals surface area contributed by atoms with Crippen LogP contribution >= 0.6 is 0 Å². The van der Waals surface area contributed by atoms with Crippen LogP contribution in [0.4, 0.5) is 0 Å². The lowest BCUT2D eigenvalue weighted by Gasteiger charge is -2.25. The summed E-state index contributed by atoms with van der Waals surface area (Å²) in [7, 11) is 1.58. The Kier molecular flexibility index (Phi) is 5.01. The minimum Gasteiger partial charge on any atom is -0.492 e. The number of hydrogen-bond acceptors (Lipinski definition) is 5. The van der Waals surface area contributed by atoms with E-state index >= 15 is 0 Å². The Bertz CT molecular complexity index is 406. The molecule has 0 amide bonds. The predicted molar refractivity (Wildman–Crippen MR) is 73.5 cm³/mol. The molecule has 0 aliphatic carbocycles. The number of nitrogens with one attached hydrogen (secondary N) is 1. The maximum Gasteiger partial charge on any atom is 0.166 e. The van der Waals surface area contributed by atoms with Gasteiger partial charge in [0.2, 0.25) is 0 Å². The summed E-state index contributed by atoms with van der Waals surface area (Å²) in [4.78, 5) is 0. The molecule has 1 saturated heterocycles. The number of nitrogens with two attached hydrogens (primary N) is 1. The van der Waals surface area contributed by atoms with Gasteiger partial charge in [-0.3, -0.25) is 0 Å². The summed E-state index contributed by atoms with van der Waals surface area (Å²) in [6, 6.07) is 5.52. The van der Waals surface area contributed by atoms with Gasteiger partial charge in [-0.25, -0.2) is 0 Å². The minimum atomic E-state index is -0.733. The maximum atomic E-state index is 9.90. The van der Waals surface area contributed by atoms with Crippen LogP contribution in [0.5, 0.6) is 11.5 Å². The molecule has 1 heterocycles. The lowest BCUT2D eigenvalue weighted by atomic mass is 10.1. The van der Waals surface area contributed by atoms with E-state index in [1.165, 1.54) is 0 Å². The molecule has 0 radical (unpaired) electrons. The fourth-order valence-electron chi connectivity index (χ4n) is 2.33. The van der Waals surface area contributed by atoms with Crippen molar-refractivity contribution >= 4 is 0 Å². The van der Waals surface area contributed by atoms with Gasteiger partial charge in [0.05, 0.1) is 13.2 Å². The van der Waals surface area contributed by atoms with Gasteiger partial charge in [-0.15, -0.1) is 0 Å². The third-order valence-electron chi connectivity index (χ3n) is 3.34. The molecule has 5 heteroatoms. The highest BCUT2D eigenvalue weighted by Gasteiger charge is 2.20. The molecule has 2 unspecified atom stereocenters. The molecule has 0 bridgehead atoms. The number of benzene rings is 1. The first-order valence-corrected chi connectivity index (χ1v) is 6.68. The zero-order valence-corrected chi connectivity index (χ0v) is 11.3. The van der Waals surface area contributed by atoms with Gasteiger partial charge in [-0.1, -0.05) is 12.1 Å². The summed E-state index contributed by atoms with van der Waals surface area (Å²) >= 11 is 0. The summed E-state index contributed by atoms with van der Waals surface area (Å²) in [6.45, 7) is 2.04. The van der Waals surface area contributed by atoms with Crippen LogP contribution in [0.25, 0.3) is 0 Å². The van der Waals surface area contributed by atoms with E-state index in [4.69, 9.17) is 15.2 Å². The molecule has 4 N–H and O–H groups in total. The van der Waals surface area contributed by atoms with Gasteiger partial charge in [-0.2, -0.15) is 0 Å². The van der Waals surface area contributed by atoms with E-state index in [0.717, 1.165) is 25.9 Å². The summed E-state index contributed by atoms with van der Waals surface area (Å²) in [5.41, 5.74) is 6.18. The van der Waals surface area contributed by atoms with E-state index in [1.807, 2.05) is 18.2 Å². The largest absolute Gasteiger partial charge is 0.492 e.